The van der Waals surface area contributed by atoms with Gasteiger partial charge in [0.25, 0.3) is 5.91 Å². The Hall–Kier alpha value is -3.50. The summed E-state index contributed by atoms with van der Waals surface area (Å²) in [5.41, 5.74) is 3.24. The number of halogens is 5. The SMILES string of the molecule is O=C(COc1c(F)c(F)c(F)c(F)c1F)Nc1nonc1-c1ccc2c(c1)CCCC2. The van der Waals surface area contributed by atoms with Crippen LogP contribution in [0.2, 0.25) is 0 Å². The number of fused-ring (bicyclic) bond motifs is 1. The predicted molar refractivity (Wildman–Crippen MR) is 96.7 cm³/mol. The molecule has 11 heteroatoms. The van der Waals surface area contributed by atoms with E-state index >= 15 is 0 Å². The van der Waals surface area contributed by atoms with Crippen molar-refractivity contribution in [2.45, 2.75) is 25.7 Å². The van der Waals surface area contributed by atoms with Gasteiger partial charge in [0.15, 0.2) is 18.1 Å². The van der Waals surface area contributed by atoms with Crippen LogP contribution in [0.1, 0.15) is 24.0 Å². The highest BCUT2D eigenvalue weighted by Gasteiger charge is 2.27. The van der Waals surface area contributed by atoms with Crippen LogP contribution in [0.25, 0.3) is 11.3 Å². The average Bonchev–Trinajstić information content (AvgIpc) is 3.24. The third kappa shape index (κ3) is 3.94. The van der Waals surface area contributed by atoms with E-state index in [1.807, 2.05) is 12.1 Å². The van der Waals surface area contributed by atoms with Gasteiger partial charge in [0.1, 0.15) is 0 Å². The molecule has 0 atom stereocenters. The number of carbonyl (C=O) groups excluding carboxylic acids is 1. The Morgan fingerprint density at radius 1 is 0.935 bits per heavy atom. The standard InChI is InChI=1S/C20H14F5N3O3/c21-13-14(22)16(24)19(17(25)15(13)23)30-8-12(29)26-20-18(27-31-28-20)11-6-5-9-3-1-2-4-10(9)7-11/h5-7H,1-4,8H2,(H,26,28,29). The topological polar surface area (TPSA) is 77.2 Å². The quantitative estimate of drug-likeness (QED) is 0.364. The molecule has 0 radical (unpaired) electrons. The number of rotatable bonds is 5. The van der Waals surface area contributed by atoms with Gasteiger partial charge >= 0.3 is 0 Å². The molecular formula is C20H14F5N3O3. The number of nitrogens with one attached hydrogen (secondary N) is 1. The summed E-state index contributed by atoms with van der Waals surface area (Å²) in [5, 5.41) is 9.63. The first-order chi connectivity index (χ1) is 14.9. The van der Waals surface area contributed by atoms with Crippen LogP contribution in [0, 0.1) is 29.1 Å². The molecule has 1 aliphatic rings. The number of ether oxygens (including phenoxy) is 1. The molecule has 0 saturated heterocycles. The van der Waals surface area contributed by atoms with Gasteiger partial charge in [-0.2, -0.15) is 8.78 Å². The summed E-state index contributed by atoms with van der Waals surface area (Å²) in [7, 11) is 0. The van der Waals surface area contributed by atoms with E-state index in [1.165, 1.54) is 5.56 Å². The Morgan fingerprint density at radius 3 is 2.29 bits per heavy atom. The molecule has 0 fully saturated rings. The molecule has 0 spiro atoms. The molecule has 0 saturated carbocycles. The van der Waals surface area contributed by atoms with Crippen LogP contribution in [-0.2, 0) is 17.6 Å². The highest BCUT2D eigenvalue weighted by molar-refractivity contribution is 5.94. The van der Waals surface area contributed by atoms with Gasteiger partial charge in [0.05, 0.1) is 0 Å². The lowest BCUT2D eigenvalue weighted by atomic mass is 9.90. The van der Waals surface area contributed by atoms with Crippen LogP contribution in [0.4, 0.5) is 27.8 Å². The van der Waals surface area contributed by atoms with Crippen molar-refractivity contribution in [2.75, 3.05) is 11.9 Å². The molecule has 162 valence electrons. The number of carbonyl (C=O) groups is 1. The summed E-state index contributed by atoms with van der Waals surface area (Å²) >= 11 is 0. The van der Waals surface area contributed by atoms with Gasteiger partial charge in [-0.05, 0) is 53.2 Å². The smallest absolute Gasteiger partial charge is 0.263 e. The highest BCUT2D eigenvalue weighted by atomic mass is 19.2. The molecule has 1 aliphatic carbocycles. The summed E-state index contributed by atoms with van der Waals surface area (Å²) in [6.45, 7) is -1.05. The molecule has 0 unspecified atom stereocenters. The fraction of sp³-hybridized carbons (Fsp3) is 0.250. The van der Waals surface area contributed by atoms with E-state index < -0.39 is 47.3 Å². The van der Waals surface area contributed by atoms with Crippen LogP contribution in [0.5, 0.6) is 5.75 Å². The lowest BCUT2D eigenvalue weighted by molar-refractivity contribution is -0.118. The van der Waals surface area contributed by atoms with Crippen molar-refractivity contribution >= 4 is 11.7 Å². The summed E-state index contributed by atoms with van der Waals surface area (Å²) in [6.07, 6.45) is 4.06. The first-order valence-electron chi connectivity index (χ1n) is 9.25. The molecule has 0 aliphatic heterocycles. The van der Waals surface area contributed by atoms with Crippen molar-refractivity contribution < 1.29 is 36.1 Å². The van der Waals surface area contributed by atoms with Crippen LogP contribution in [0.15, 0.2) is 22.8 Å². The zero-order valence-corrected chi connectivity index (χ0v) is 15.8. The number of amides is 1. The van der Waals surface area contributed by atoms with Crippen LogP contribution < -0.4 is 10.1 Å². The number of anilines is 1. The minimum atomic E-state index is -2.32. The molecular weight excluding hydrogens is 425 g/mol. The number of aromatic nitrogens is 2. The second kappa shape index (κ2) is 8.32. The lowest BCUT2D eigenvalue weighted by Gasteiger charge is -2.16. The van der Waals surface area contributed by atoms with Crippen LogP contribution >= 0.6 is 0 Å². The second-order valence-corrected chi connectivity index (χ2v) is 6.89. The largest absolute Gasteiger partial charge is 0.477 e. The van der Waals surface area contributed by atoms with Gasteiger partial charge in [-0.1, -0.05) is 12.1 Å². The van der Waals surface area contributed by atoms with Crippen molar-refractivity contribution in [3.05, 3.63) is 58.4 Å². The van der Waals surface area contributed by atoms with E-state index in [9.17, 15) is 26.7 Å². The normalized spacial score (nSPS) is 13.1. The zero-order valence-electron chi connectivity index (χ0n) is 15.8. The van der Waals surface area contributed by atoms with Crippen molar-refractivity contribution in [1.29, 1.82) is 0 Å². The first kappa shape index (κ1) is 20.8. The molecule has 4 rings (SSSR count). The highest BCUT2D eigenvalue weighted by Crippen LogP contribution is 2.31. The Kier molecular flexibility index (Phi) is 5.57. The maximum absolute atomic E-state index is 13.6. The molecule has 0 bridgehead atoms. The molecule has 1 aromatic heterocycles. The van der Waals surface area contributed by atoms with Gasteiger partial charge in [-0.25, -0.2) is 17.8 Å². The van der Waals surface area contributed by atoms with Crippen molar-refractivity contribution in [2.24, 2.45) is 0 Å². The van der Waals surface area contributed by atoms with Gasteiger partial charge in [-0.15, -0.1) is 0 Å². The zero-order chi connectivity index (χ0) is 22.1. The van der Waals surface area contributed by atoms with Crippen LogP contribution in [0.3, 0.4) is 0 Å². The van der Waals surface area contributed by atoms with Crippen molar-refractivity contribution in [3.8, 4) is 17.0 Å². The average molecular weight is 439 g/mol. The molecule has 1 amide bonds. The second-order valence-electron chi connectivity index (χ2n) is 6.89. The van der Waals surface area contributed by atoms with E-state index in [2.05, 4.69) is 25.0 Å². The summed E-state index contributed by atoms with van der Waals surface area (Å²) in [6, 6.07) is 5.66. The minimum Gasteiger partial charge on any atom is -0.477 e. The third-order valence-electron chi connectivity index (χ3n) is 4.89. The molecule has 2 aromatic carbocycles. The number of hydrogen-bond donors (Lipinski definition) is 1. The number of hydrogen-bond acceptors (Lipinski definition) is 5. The van der Waals surface area contributed by atoms with Gasteiger partial charge in [-0.3, -0.25) is 4.79 Å². The van der Waals surface area contributed by atoms with Crippen LogP contribution in [-0.4, -0.2) is 22.8 Å². The molecule has 1 heterocycles. The summed E-state index contributed by atoms with van der Waals surface area (Å²) in [5.74, 6) is -13.6. The molecule has 31 heavy (non-hydrogen) atoms. The van der Waals surface area contributed by atoms with Gasteiger partial charge in [0, 0.05) is 5.56 Å². The third-order valence-corrected chi connectivity index (χ3v) is 4.89. The summed E-state index contributed by atoms with van der Waals surface area (Å²) < 4.78 is 76.0. The van der Waals surface area contributed by atoms with Crippen molar-refractivity contribution in [3.63, 3.8) is 0 Å². The monoisotopic (exact) mass is 439 g/mol. The number of benzene rings is 2. The predicted octanol–water partition coefficient (Wildman–Crippen LogP) is 4.33. The Labute approximate surface area is 172 Å². The molecule has 3 aromatic rings. The van der Waals surface area contributed by atoms with Crippen molar-refractivity contribution in [1.82, 2.24) is 10.3 Å². The lowest BCUT2D eigenvalue weighted by Crippen LogP contribution is -2.22. The fourth-order valence-electron chi connectivity index (χ4n) is 3.36. The fourth-order valence-corrected chi connectivity index (χ4v) is 3.36. The maximum Gasteiger partial charge on any atom is 0.263 e. The molecule has 6 nitrogen and oxygen atoms in total. The van der Waals surface area contributed by atoms with Gasteiger partial charge in [0.2, 0.25) is 34.9 Å². The van der Waals surface area contributed by atoms with E-state index in [-0.39, 0.29) is 11.5 Å². The van der Waals surface area contributed by atoms with Gasteiger partial charge < -0.3 is 10.1 Å². The first-order valence-corrected chi connectivity index (χ1v) is 9.25. The Bertz CT molecular complexity index is 1140. The van der Waals surface area contributed by atoms with E-state index in [0.717, 1.165) is 31.2 Å². The Balaban J connectivity index is 1.49. The van der Waals surface area contributed by atoms with E-state index in [1.54, 1.807) is 6.07 Å². The number of aryl methyl sites for hydroxylation is 2. The summed E-state index contributed by atoms with van der Waals surface area (Å²) in [4.78, 5) is 12.1. The molecule has 1 N–H and O–H groups in total. The Morgan fingerprint density at radius 2 is 1.58 bits per heavy atom. The maximum atomic E-state index is 13.6. The van der Waals surface area contributed by atoms with E-state index in [4.69, 9.17) is 0 Å². The van der Waals surface area contributed by atoms with E-state index in [0.29, 0.717) is 5.56 Å². The minimum absolute atomic E-state index is 0.0817. The number of nitrogens with zero attached hydrogens (tertiary/aromatic N) is 2.